The molecule has 0 aliphatic carbocycles. The lowest BCUT2D eigenvalue weighted by Crippen LogP contribution is -2.29. The largest absolute Gasteiger partial charge is 0.308 e. The van der Waals surface area contributed by atoms with Crippen molar-refractivity contribution in [2.24, 2.45) is 0 Å². The van der Waals surface area contributed by atoms with E-state index in [1.165, 1.54) is 11.3 Å². The maximum Gasteiger partial charge on any atom is 0.258 e. The van der Waals surface area contributed by atoms with E-state index < -0.39 is 0 Å². The van der Waals surface area contributed by atoms with E-state index >= 15 is 0 Å². The Morgan fingerprint density at radius 1 is 0.917 bits per heavy atom. The summed E-state index contributed by atoms with van der Waals surface area (Å²) in [4.78, 5) is 32.5. The number of hydrogen-bond acceptors (Lipinski definition) is 4. The standard InChI is InChI=1S/C30H23N3O2S/c1-19-6-2-5-9-25(19)29(35)33-15-14-23-17-22(12-13-27(23)33)26-18-36-30(31-26)32-28(34)24-11-10-20-7-3-4-8-21(20)16-24/h2-13,16-18H,14-15H2,1H3,(H,31,32,34). The van der Waals surface area contributed by atoms with Gasteiger partial charge in [-0.15, -0.1) is 11.3 Å². The van der Waals surface area contributed by atoms with Gasteiger partial charge in [-0.3, -0.25) is 14.9 Å². The molecule has 0 radical (unpaired) electrons. The second-order valence-corrected chi connectivity index (χ2v) is 9.78. The highest BCUT2D eigenvalue weighted by molar-refractivity contribution is 7.14. The van der Waals surface area contributed by atoms with Gasteiger partial charge < -0.3 is 4.90 Å². The Morgan fingerprint density at radius 3 is 2.58 bits per heavy atom. The van der Waals surface area contributed by atoms with Crippen LogP contribution < -0.4 is 10.2 Å². The van der Waals surface area contributed by atoms with Gasteiger partial charge in [-0.1, -0.05) is 54.6 Å². The van der Waals surface area contributed by atoms with Crippen molar-refractivity contribution in [3.8, 4) is 11.3 Å². The Bertz CT molecular complexity index is 1640. The zero-order valence-corrected chi connectivity index (χ0v) is 20.5. The summed E-state index contributed by atoms with van der Waals surface area (Å²) in [6.45, 7) is 2.63. The van der Waals surface area contributed by atoms with Gasteiger partial charge in [0.25, 0.3) is 11.8 Å². The average Bonchev–Trinajstić information content (AvgIpc) is 3.55. The van der Waals surface area contributed by atoms with Crippen LogP contribution in [-0.2, 0) is 6.42 Å². The Balaban J connectivity index is 1.20. The van der Waals surface area contributed by atoms with Crippen LogP contribution in [0.2, 0.25) is 0 Å². The maximum absolute atomic E-state index is 13.2. The first-order valence-electron chi connectivity index (χ1n) is 11.8. The number of aromatic nitrogens is 1. The summed E-state index contributed by atoms with van der Waals surface area (Å²) in [6, 6.07) is 27.4. The predicted octanol–water partition coefficient (Wildman–Crippen LogP) is 6.73. The molecule has 36 heavy (non-hydrogen) atoms. The number of hydrogen-bond donors (Lipinski definition) is 1. The number of amides is 2. The number of carbonyl (C=O) groups excluding carboxylic acids is 2. The third-order valence-electron chi connectivity index (χ3n) is 6.63. The van der Waals surface area contributed by atoms with Crippen molar-refractivity contribution in [3.05, 3.63) is 113 Å². The van der Waals surface area contributed by atoms with Crippen molar-refractivity contribution < 1.29 is 9.59 Å². The van der Waals surface area contributed by atoms with E-state index in [9.17, 15) is 9.59 Å². The summed E-state index contributed by atoms with van der Waals surface area (Å²) in [6.07, 6.45) is 0.802. The van der Waals surface area contributed by atoms with Crippen molar-refractivity contribution in [2.75, 3.05) is 16.8 Å². The van der Waals surface area contributed by atoms with E-state index in [1.54, 1.807) is 0 Å². The van der Waals surface area contributed by atoms with Crippen LogP contribution in [0, 0.1) is 6.92 Å². The molecule has 2 heterocycles. The van der Waals surface area contributed by atoms with E-state index in [2.05, 4.69) is 16.4 Å². The fraction of sp³-hybridized carbons (Fsp3) is 0.100. The number of nitrogens with zero attached hydrogens (tertiary/aromatic N) is 2. The van der Waals surface area contributed by atoms with Gasteiger partial charge >= 0.3 is 0 Å². The van der Waals surface area contributed by atoms with Gasteiger partial charge in [0.1, 0.15) is 0 Å². The first kappa shape index (κ1) is 22.2. The molecule has 2 amide bonds. The van der Waals surface area contributed by atoms with Gasteiger partial charge in [-0.05, 0) is 65.6 Å². The van der Waals surface area contributed by atoms with Gasteiger partial charge in [0, 0.05) is 34.3 Å². The highest BCUT2D eigenvalue weighted by atomic mass is 32.1. The van der Waals surface area contributed by atoms with Crippen molar-refractivity contribution in [1.82, 2.24) is 4.98 Å². The first-order valence-corrected chi connectivity index (χ1v) is 12.7. The second kappa shape index (κ2) is 9.06. The van der Waals surface area contributed by atoms with Gasteiger partial charge in [0.2, 0.25) is 0 Å². The monoisotopic (exact) mass is 489 g/mol. The molecule has 0 spiro atoms. The molecule has 1 aromatic heterocycles. The SMILES string of the molecule is Cc1ccccc1C(=O)N1CCc2cc(-c3csc(NC(=O)c4ccc5ccccc5c4)n3)ccc21. The average molecular weight is 490 g/mol. The third kappa shape index (κ3) is 4.06. The molecule has 1 aliphatic rings. The second-order valence-electron chi connectivity index (χ2n) is 8.92. The highest BCUT2D eigenvalue weighted by Gasteiger charge is 2.26. The van der Waals surface area contributed by atoms with E-state index in [0.717, 1.165) is 50.8 Å². The minimum Gasteiger partial charge on any atom is -0.308 e. The van der Waals surface area contributed by atoms with Crippen LogP contribution in [0.25, 0.3) is 22.0 Å². The summed E-state index contributed by atoms with van der Waals surface area (Å²) in [7, 11) is 0. The molecule has 0 saturated carbocycles. The van der Waals surface area contributed by atoms with Crippen LogP contribution in [0.5, 0.6) is 0 Å². The molecule has 6 heteroatoms. The number of aryl methyl sites for hydroxylation is 1. The minimum absolute atomic E-state index is 0.0342. The molecule has 6 rings (SSSR count). The molecule has 0 unspecified atom stereocenters. The predicted molar refractivity (Wildman–Crippen MR) is 146 cm³/mol. The molecule has 0 atom stereocenters. The molecule has 176 valence electrons. The van der Waals surface area contributed by atoms with E-state index in [-0.39, 0.29) is 11.8 Å². The zero-order valence-electron chi connectivity index (χ0n) is 19.7. The lowest BCUT2D eigenvalue weighted by atomic mass is 10.1. The van der Waals surface area contributed by atoms with Crippen LogP contribution >= 0.6 is 11.3 Å². The number of rotatable bonds is 4. The summed E-state index contributed by atoms with van der Waals surface area (Å²) < 4.78 is 0. The molecule has 0 fully saturated rings. The first-order chi connectivity index (χ1) is 17.6. The van der Waals surface area contributed by atoms with Crippen LogP contribution in [0.15, 0.2) is 90.3 Å². The van der Waals surface area contributed by atoms with Crippen LogP contribution in [-0.4, -0.2) is 23.3 Å². The molecule has 4 aromatic carbocycles. The third-order valence-corrected chi connectivity index (χ3v) is 7.39. The lowest BCUT2D eigenvalue weighted by Gasteiger charge is -2.18. The van der Waals surface area contributed by atoms with Crippen LogP contribution in [0.4, 0.5) is 10.8 Å². The van der Waals surface area contributed by atoms with Crippen LogP contribution in [0.1, 0.15) is 31.8 Å². The molecule has 0 saturated heterocycles. The van der Waals surface area contributed by atoms with Crippen molar-refractivity contribution in [1.29, 1.82) is 0 Å². The molecule has 5 nitrogen and oxygen atoms in total. The van der Waals surface area contributed by atoms with Gasteiger partial charge in [0.15, 0.2) is 5.13 Å². The Hall–Kier alpha value is -4.29. The quantitative estimate of drug-likeness (QED) is 0.305. The Morgan fingerprint density at radius 2 is 1.72 bits per heavy atom. The van der Waals surface area contributed by atoms with Gasteiger partial charge in [-0.25, -0.2) is 4.98 Å². The summed E-state index contributed by atoms with van der Waals surface area (Å²) in [5, 5.41) is 7.55. The molecule has 1 aliphatic heterocycles. The lowest BCUT2D eigenvalue weighted by molar-refractivity contribution is 0.0987. The molecular formula is C30H23N3O2S. The summed E-state index contributed by atoms with van der Waals surface area (Å²) >= 11 is 1.40. The number of fused-ring (bicyclic) bond motifs is 2. The zero-order chi connectivity index (χ0) is 24.6. The van der Waals surface area contributed by atoms with Gasteiger partial charge in [0.05, 0.1) is 5.69 Å². The van der Waals surface area contributed by atoms with E-state index in [4.69, 9.17) is 0 Å². The summed E-state index contributed by atoms with van der Waals surface area (Å²) in [5.41, 5.74) is 6.17. The number of carbonyl (C=O) groups is 2. The smallest absolute Gasteiger partial charge is 0.258 e. The normalized spacial score (nSPS) is 12.5. The number of thiazole rings is 1. The Labute approximate surface area is 213 Å². The van der Waals surface area contributed by atoms with Crippen LogP contribution in [0.3, 0.4) is 0 Å². The van der Waals surface area contributed by atoms with E-state index in [0.29, 0.717) is 17.2 Å². The fourth-order valence-electron chi connectivity index (χ4n) is 4.69. The number of benzene rings is 4. The molecule has 1 N–H and O–H groups in total. The van der Waals surface area contributed by atoms with Gasteiger partial charge in [-0.2, -0.15) is 0 Å². The number of nitrogens with one attached hydrogen (secondary N) is 1. The Kier molecular flexibility index (Phi) is 5.58. The minimum atomic E-state index is -0.180. The fourth-order valence-corrected chi connectivity index (χ4v) is 5.41. The van der Waals surface area contributed by atoms with Crippen molar-refractivity contribution >= 4 is 44.7 Å². The van der Waals surface area contributed by atoms with Crippen molar-refractivity contribution in [3.63, 3.8) is 0 Å². The molecule has 0 bridgehead atoms. The highest BCUT2D eigenvalue weighted by Crippen LogP contribution is 2.34. The van der Waals surface area contributed by atoms with E-state index in [1.807, 2.05) is 96.1 Å². The van der Waals surface area contributed by atoms with Crippen molar-refractivity contribution in [2.45, 2.75) is 13.3 Å². The molecular weight excluding hydrogens is 466 g/mol. The maximum atomic E-state index is 13.2. The summed E-state index contributed by atoms with van der Waals surface area (Å²) in [5.74, 6) is -0.145. The number of anilines is 2. The topological polar surface area (TPSA) is 62.3 Å². The molecule has 5 aromatic rings.